The van der Waals surface area contributed by atoms with Gasteiger partial charge in [0.05, 0.1) is 10.4 Å². The third-order valence-corrected chi connectivity index (χ3v) is 6.68. The van der Waals surface area contributed by atoms with Gasteiger partial charge in [0.2, 0.25) is 0 Å². The number of furan rings is 1. The van der Waals surface area contributed by atoms with Crippen molar-refractivity contribution in [3.05, 3.63) is 52.1 Å². The molecule has 1 aromatic carbocycles. The predicted molar refractivity (Wildman–Crippen MR) is 89.0 cm³/mol. The van der Waals surface area contributed by atoms with Gasteiger partial charge in [-0.15, -0.1) is 11.3 Å². The van der Waals surface area contributed by atoms with Gasteiger partial charge in [-0.25, -0.2) is 13.1 Å². The van der Waals surface area contributed by atoms with Gasteiger partial charge >= 0.3 is 0 Å². The number of hydrogen-bond donors (Lipinski definition) is 1. The van der Waals surface area contributed by atoms with Crippen LogP contribution in [0, 0.1) is 6.92 Å². The largest absolute Gasteiger partial charge is 0.459 e. The molecule has 0 amide bonds. The van der Waals surface area contributed by atoms with E-state index in [1.54, 1.807) is 13.0 Å². The maximum absolute atomic E-state index is 12.4. The molecule has 116 valence electrons. The zero-order chi connectivity index (χ0) is 15.9. The average Bonchev–Trinajstić information content (AvgIpc) is 3.04. The Labute approximate surface area is 137 Å². The molecule has 1 unspecified atom stereocenters. The Morgan fingerprint density at radius 2 is 1.95 bits per heavy atom. The number of para-hydroxylation sites is 1. The van der Waals surface area contributed by atoms with E-state index in [4.69, 9.17) is 16.0 Å². The summed E-state index contributed by atoms with van der Waals surface area (Å²) in [5.41, 5.74) is 1.69. The van der Waals surface area contributed by atoms with E-state index in [0.717, 1.165) is 27.9 Å². The minimum atomic E-state index is -3.62. The van der Waals surface area contributed by atoms with E-state index in [1.165, 1.54) is 6.07 Å². The quantitative estimate of drug-likeness (QED) is 0.749. The fourth-order valence-corrected chi connectivity index (χ4v) is 5.10. The van der Waals surface area contributed by atoms with Crippen LogP contribution in [-0.2, 0) is 10.0 Å². The summed E-state index contributed by atoms with van der Waals surface area (Å²) in [4.78, 5) is 0. The summed E-state index contributed by atoms with van der Waals surface area (Å²) in [7, 11) is -3.62. The molecule has 7 heteroatoms. The van der Waals surface area contributed by atoms with E-state index in [1.807, 2.05) is 31.2 Å². The van der Waals surface area contributed by atoms with Crippen LogP contribution in [0.3, 0.4) is 0 Å². The molecule has 1 atom stereocenters. The highest BCUT2D eigenvalue weighted by Gasteiger charge is 2.24. The van der Waals surface area contributed by atoms with Crippen molar-refractivity contribution >= 4 is 43.9 Å². The Morgan fingerprint density at radius 1 is 1.23 bits per heavy atom. The number of thiophene rings is 1. The molecule has 0 bridgehead atoms. The van der Waals surface area contributed by atoms with Gasteiger partial charge in [-0.05, 0) is 32.0 Å². The Morgan fingerprint density at radius 3 is 2.59 bits per heavy atom. The molecule has 22 heavy (non-hydrogen) atoms. The van der Waals surface area contributed by atoms with Gasteiger partial charge in [0.1, 0.15) is 15.6 Å². The van der Waals surface area contributed by atoms with Gasteiger partial charge in [-0.3, -0.25) is 0 Å². The Bertz CT molecular complexity index is 927. The van der Waals surface area contributed by atoms with Crippen molar-refractivity contribution in [1.82, 2.24) is 4.72 Å². The second kappa shape index (κ2) is 5.70. The summed E-state index contributed by atoms with van der Waals surface area (Å²) in [6, 6.07) is 10.2. The van der Waals surface area contributed by atoms with Crippen LogP contribution in [-0.4, -0.2) is 8.42 Å². The lowest BCUT2D eigenvalue weighted by molar-refractivity contribution is 0.482. The number of halogens is 1. The van der Waals surface area contributed by atoms with Gasteiger partial charge in [0.15, 0.2) is 0 Å². The first-order valence-corrected chi connectivity index (χ1v) is 9.32. The smallest absolute Gasteiger partial charge is 0.250 e. The molecule has 0 radical (unpaired) electrons. The fraction of sp³-hybridized carbons (Fsp3) is 0.200. The monoisotopic (exact) mass is 355 g/mol. The van der Waals surface area contributed by atoms with Crippen molar-refractivity contribution in [2.45, 2.75) is 24.1 Å². The highest BCUT2D eigenvalue weighted by molar-refractivity contribution is 7.91. The number of aryl methyl sites for hydroxylation is 1. The molecular formula is C15H14ClNO3S2. The highest BCUT2D eigenvalue weighted by atomic mass is 35.5. The van der Waals surface area contributed by atoms with E-state index in [0.29, 0.717) is 10.1 Å². The molecule has 0 saturated heterocycles. The van der Waals surface area contributed by atoms with E-state index >= 15 is 0 Å². The molecule has 1 N–H and O–H groups in total. The number of benzene rings is 1. The summed E-state index contributed by atoms with van der Waals surface area (Å²) in [5.74, 6) is 0.618. The van der Waals surface area contributed by atoms with E-state index in [2.05, 4.69) is 4.72 Å². The standard InChI is InChI=1S/C15H14ClNO3S2/c1-9-11-5-3-4-6-12(11)20-15(9)10(2)17-22(18,19)14-8-7-13(16)21-14/h3-8,10,17H,1-2H3. The van der Waals surface area contributed by atoms with E-state index in [-0.39, 0.29) is 4.21 Å². The van der Waals surface area contributed by atoms with Gasteiger partial charge in [0, 0.05) is 10.9 Å². The van der Waals surface area contributed by atoms with Crippen molar-refractivity contribution in [3.8, 4) is 0 Å². The summed E-state index contributed by atoms with van der Waals surface area (Å²) < 4.78 is 33.8. The lowest BCUT2D eigenvalue weighted by atomic mass is 10.1. The number of nitrogens with one attached hydrogen (secondary N) is 1. The van der Waals surface area contributed by atoms with Crippen molar-refractivity contribution in [2.24, 2.45) is 0 Å². The lowest BCUT2D eigenvalue weighted by Gasteiger charge is -2.12. The predicted octanol–water partition coefficient (Wildman–Crippen LogP) is 4.50. The Balaban J connectivity index is 1.93. The highest BCUT2D eigenvalue weighted by Crippen LogP contribution is 2.31. The molecule has 3 rings (SSSR count). The molecule has 0 aliphatic rings. The minimum Gasteiger partial charge on any atom is -0.459 e. The first-order valence-electron chi connectivity index (χ1n) is 6.64. The van der Waals surface area contributed by atoms with Crippen LogP contribution in [0.15, 0.2) is 45.0 Å². The second-order valence-electron chi connectivity index (χ2n) is 4.99. The molecule has 4 nitrogen and oxygen atoms in total. The van der Waals surface area contributed by atoms with Crippen molar-refractivity contribution < 1.29 is 12.8 Å². The summed E-state index contributed by atoms with van der Waals surface area (Å²) >= 11 is 6.83. The molecular weight excluding hydrogens is 342 g/mol. The van der Waals surface area contributed by atoms with Crippen LogP contribution in [0.5, 0.6) is 0 Å². The first kappa shape index (κ1) is 15.6. The van der Waals surface area contributed by atoms with Crippen LogP contribution >= 0.6 is 22.9 Å². The summed E-state index contributed by atoms with van der Waals surface area (Å²) in [5, 5.41) is 0.989. The summed E-state index contributed by atoms with van der Waals surface area (Å²) in [6.07, 6.45) is 0. The molecule has 0 spiro atoms. The number of rotatable bonds is 4. The molecule has 0 aliphatic carbocycles. The molecule has 0 aliphatic heterocycles. The van der Waals surface area contributed by atoms with Crippen LogP contribution in [0.2, 0.25) is 4.34 Å². The van der Waals surface area contributed by atoms with Gasteiger partial charge in [0.25, 0.3) is 10.0 Å². The normalized spacial score (nSPS) is 13.6. The van der Waals surface area contributed by atoms with Crippen molar-refractivity contribution in [1.29, 1.82) is 0 Å². The second-order valence-corrected chi connectivity index (χ2v) is 8.64. The van der Waals surface area contributed by atoms with E-state index < -0.39 is 16.1 Å². The molecule has 2 aromatic heterocycles. The third kappa shape index (κ3) is 2.79. The number of sulfonamides is 1. The fourth-order valence-electron chi connectivity index (χ4n) is 2.39. The lowest BCUT2D eigenvalue weighted by Crippen LogP contribution is -2.26. The molecule has 0 saturated carbocycles. The molecule has 2 heterocycles. The Hall–Kier alpha value is -1.34. The number of fused-ring (bicyclic) bond motifs is 1. The SMILES string of the molecule is Cc1c(C(C)NS(=O)(=O)c2ccc(Cl)s2)oc2ccccc12. The molecule has 3 aromatic rings. The van der Waals surface area contributed by atoms with Crippen LogP contribution < -0.4 is 4.72 Å². The first-order chi connectivity index (χ1) is 10.4. The van der Waals surface area contributed by atoms with Gasteiger partial charge in [-0.1, -0.05) is 29.8 Å². The van der Waals surface area contributed by atoms with Crippen molar-refractivity contribution in [3.63, 3.8) is 0 Å². The zero-order valence-electron chi connectivity index (χ0n) is 12.0. The minimum absolute atomic E-state index is 0.193. The van der Waals surface area contributed by atoms with Crippen LogP contribution in [0.1, 0.15) is 24.3 Å². The van der Waals surface area contributed by atoms with Crippen molar-refractivity contribution in [2.75, 3.05) is 0 Å². The maximum atomic E-state index is 12.4. The molecule has 0 fully saturated rings. The van der Waals surface area contributed by atoms with Gasteiger partial charge in [-0.2, -0.15) is 0 Å². The van der Waals surface area contributed by atoms with E-state index in [9.17, 15) is 8.42 Å². The summed E-state index contributed by atoms with van der Waals surface area (Å²) in [6.45, 7) is 3.69. The van der Waals surface area contributed by atoms with Gasteiger partial charge < -0.3 is 4.42 Å². The van der Waals surface area contributed by atoms with Crippen LogP contribution in [0.25, 0.3) is 11.0 Å². The third-order valence-electron chi connectivity index (χ3n) is 3.42. The number of hydrogen-bond acceptors (Lipinski definition) is 4. The zero-order valence-corrected chi connectivity index (χ0v) is 14.3. The maximum Gasteiger partial charge on any atom is 0.250 e. The van der Waals surface area contributed by atoms with Crippen LogP contribution in [0.4, 0.5) is 0 Å². The Kier molecular flexibility index (Phi) is 4.03. The average molecular weight is 356 g/mol. The topological polar surface area (TPSA) is 59.3 Å².